The molecule has 0 bridgehead atoms. The number of aromatic nitrogens is 4. The molecule has 1 aliphatic heterocycles. The maximum atomic E-state index is 11.8. The summed E-state index contributed by atoms with van der Waals surface area (Å²) in [5, 5.41) is 31.0. The van der Waals surface area contributed by atoms with E-state index in [9.17, 15) is 24.9 Å². The van der Waals surface area contributed by atoms with E-state index in [4.69, 9.17) is 10.5 Å². The Morgan fingerprint density at radius 3 is 2.44 bits per heavy atom. The van der Waals surface area contributed by atoms with Crippen molar-refractivity contribution in [2.45, 2.75) is 44.0 Å². The Kier molecular flexibility index (Phi) is 4.03. The minimum absolute atomic E-state index is 0.109. The lowest BCUT2D eigenvalue weighted by molar-refractivity contribution is -0.173. The van der Waals surface area contributed by atoms with Crippen molar-refractivity contribution in [2.24, 2.45) is 0 Å². The van der Waals surface area contributed by atoms with Crippen LogP contribution in [0.5, 0.6) is 0 Å². The maximum absolute atomic E-state index is 11.8. The van der Waals surface area contributed by atoms with Crippen LogP contribution in [0.25, 0.3) is 11.2 Å². The summed E-state index contributed by atoms with van der Waals surface area (Å²) in [5.41, 5.74) is 3.59. The fourth-order valence-electron chi connectivity index (χ4n) is 2.94. The normalized spacial score (nSPS) is 26.9. The highest BCUT2D eigenvalue weighted by Gasteiger charge is 2.58. The number of hydrogen-bond acceptors (Lipinski definition) is 10. The largest absolute Gasteiger partial charge is 0.387 e. The SMILES string of the molecule is CC(=O)C(O)(C(C)=O)[C@H]1O[C@@H](n2cnc3c(N)ncnc32)[C@H](O)[C@@H]1O. The standard InChI is InChI=1S/C14H17N5O6/c1-5(20)14(24,6(2)21)10-8(22)9(23)13(25-10)19-4-18-7-11(15)16-3-17-12(7)19/h3-4,8-10,13,22-24H,1-2H3,(H2,15,16,17)/t8-,9+,10-,13+/m0/s1. The van der Waals surface area contributed by atoms with E-state index < -0.39 is 41.7 Å². The number of fused-ring (bicyclic) bond motifs is 1. The number of aliphatic hydroxyl groups is 3. The van der Waals surface area contributed by atoms with Crippen molar-refractivity contribution < 1.29 is 29.6 Å². The quantitative estimate of drug-likeness (QED) is 0.448. The van der Waals surface area contributed by atoms with E-state index in [-0.39, 0.29) is 17.0 Å². The van der Waals surface area contributed by atoms with Crippen LogP contribution in [0.4, 0.5) is 5.82 Å². The number of rotatable bonds is 4. The van der Waals surface area contributed by atoms with Crippen LogP contribution in [-0.4, -0.2) is 70.3 Å². The molecule has 0 radical (unpaired) electrons. The smallest absolute Gasteiger partial charge is 0.209 e. The van der Waals surface area contributed by atoms with Crippen LogP contribution >= 0.6 is 0 Å². The third-order valence-corrected chi connectivity index (χ3v) is 4.38. The van der Waals surface area contributed by atoms with Gasteiger partial charge < -0.3 is 25.8 Å². The molecule has 11 heteroatoms. The van der Waals surface area contributed by atoms with Crippen LogP contribution in [-0.2, 0) is 14.3 Å². The molecule has 0 aromatic carbocycles. The molecule has 0 saturated carbocycles. The predicted octanol–water partition coefficient (Wildman–Crippen LogP) is -2.06. The van der Waals surface area contributed by atoms with Crippen molar-refractivity contribution in [1.29, 1.82) is 0 Å². The van der Waals surface area contributed by atoms with Crippen LogP contribution in [0.1, 0.15) is 20.1 Å². The maximum Gasteiger partial charge on any atom is 0.209 e. The van der Waals surface area contributed by atoms with Gasteiger partial charge in [0.25, 0.3) is 0 Å². The van der Waals surface area contributed by atoms with Gasteiger partial charge >= 0.3 is 0 Å². The molecule has 0 amide bonds. The molecule has 3 rings (SSSR count). The molecule has 2 aromatic heterocycles. The van der Waals surface area contributed by atoms with Crippen molar-refractivity contribution in [3.05, 3.63) is 12.7 Å². The minimum Gasteiger partial charge on any atom is -0.387 e. The van der Waals surface area contributed by atoms with Gasteiger partial charge in [0.05, 0.1) is 6.33 Å². The molecule has 11 nitrogen and oxygen atoms in total. The number of ether oxygens (including phenoxy) is 1. The first-order chi connectivity index (χ1) is 11.7. The van der Waals surface area contributed by atoms with Gasteiger partial charge in [0.2, 0.25) is 5.60 Å². The van der Waals surface area contributed by atoms with Crippen molar-refractivity contribution in [1.82, 2.24) is 19.5 Å². The number of ketones is 2. The summed E-state index contributed by atoms with van der Waals surface area (Å²) in [4.78, 5) is 35.4. The number of aliphatic hydroxyl groups excluding tert-OH is 2. The Hall–Kier alpha value is -2.47. The van der Waals surface area contributed by atoms with E-state index in [2.05, 4.69) is 15.0 Å². The molecule has 0 spiro atoms. The molecule has 0 unspecified atom stereocenters. The number of carbonyl (C=O) groups is 2. The number of imidazole rings is 1. The van der Waals surface area contributed by atoms with Crippen LogP contribution in [0.3, 0.4) is 0 Å². The van der Waals surface area contributed by atoms with Gasteiger partial charge in [-0.05, 0) is 13.8 Å². The highest BCUT2D eigenvalue weighted by molar-refractivity contribution is 6.09. The summed E-state index contributed by atoms with van der Waals surface area (Å²) in [7, 11) is 0. The lowest BCUT2D eigenvalue weighted by Crippen LogP contribution is -2.58. The van der Waals surface area contributed by atoms with E-state index in [1.54, 1.807) is 0 Å². The zero-order valence-corrected chi connectivity index (χ0v) is 13.4. The summed E-state index contributed by atoms with van der Waals surface area (Å²) >= 11 is 0. The minimum atomic E-state index is -2.58. The average Bonchev–Trinajstić information content (AvgIpc) is 3.10. The van der Waals surface area contributed by atoms with Gasteiger partial charge in [-0.3, -0.25) is 14.2 Å². The first-order valence-corrected chi connectivity index (χ1v) is 7.38. The fraction of sp³-hybridized carbons (Fsp3) is 0.500. The zero-order valence-electron chi connectivity index (χ0n) is 13.4. The molecular weight excluding hydrogens is 334 g/mol. The summed E-state index contributed by atoms with van der Waals surface area (Å²) in [5.74, 6) is -1.70. The first kappa shape index (κ1) is 17.4. The lowest BCUT2D eigenvalue weighted by Gasteiger charge is -2.30. The van der Waals surface area contributed by atoms with Crippen molar-refractivity contribution in [3.63, 3.8) is 0 Å². The van der Waals surface area contributed by atoms with Gasteiger partial charge in [-0.15, -0.1) is 0 Å². The highest BCUT2D eigenvalue weighted by Crippen LogP contribution is 2.37. The highest BCUT2D eigenvalue weighted by atomic mass is 16.6. The molecule has 2 aromatic rings. The second-order valence-corrected chi connectivity index (χ2v) is 5.89. The van der Waals surface area contributed by atoms with E-state index >= 15 is 0 Å². The van der Waals surface area contributed by atoms with Gasteiger partial charge in [-0.25, -0.2) is 15.0 Å². The second-order valence-electron chi connectivity index (χ2n) is 5.89. The number of hydrogen-bond donors (Lipinski definition) is 4. The topological polar surface area (TPSA) is 174 Å². The van der Waals surface area contributed by atoms with E-state index in [1.807, 2.05) is 0 Å². The van der Waals surface area contributed by atoms with Gasteiger partial charge in [-0.2, -0.15) is 0 Å². The number of anilines is 1. The Morgan fingerprint density at radius 2 is 1.84 bits per heavy atom. The number of Topliss-reactive ketones (excluding diaryl/α,β-unsaturated/α-hetero) is 2. The Balaban J connectivity index is 2.04. The second kappa shape index (κ2) is 5.81. The van der Waals surface area contributed by atoms with Gasteiger partial charge in [-0.1, -0.05) is 0 Å². The molecule has 25 heavy (non-hydrogen) atoms. The summed E-state index contributed by atoms with van der Waals surface area (Å²) < 4.78 is 6.78. The molecule has 4 atom stereocenters. The monoisotopic (exact) mass is 351 g/mol. The average molecular weight is 351 g/mol. The Morgan fingerprint density at radius 1 is 1.20 bits per heavy atom. The molecule has 0 aliphatic carbocycles. The van der Waals surface area contributed by atoms with Gasteiger partial charge in [0, 0.05) is 0 Å². The first-order valence-electron chi connectivity index (χ1n) is 7.38. The molecule has 134 valence electrons. The Labute approximate surface area is 141 Å². The van der Waals surface area contributed by atoms with Crippen molar-refractivity contribution in [3.8, 4) is 0 Å². The van der Waals surface area contributed by atoms with Gasteiger partial charge in [0.15, 0.2) is 29.3 Å². The fourth-order valence-corrected chi connectivity index (χ4v) is 2.94. The van der Waals surface area contributed by atoms with Crippen LogP contribution in [0.2, 0.25) is 0 Å². The van der Waals surface area contributed by atoms with Crippen LogP contribution < -0.4 is 5.73 Å². The number of carbonyl (C=O) groups excluding carboxylic acids is 2. The lowest BCUT2D eigenvalue weighted by atomic mass is 9.85. The summed E-state index contributed by atoms with van der Waals surface area (Å²) in [6.45, 7) is 2.00. The number of nitrogens with zero attached hydrogens (tertiary/aromatic N) is 4. The summed E-state index contributed by atoms with van der Waals surface area (Å²) in [6.07, 6.45) is -3.70. The van der Waals surface area contributed by atoms with Crippen LogP contribution in [0, 0.1) is 0 Å². The Bertz CT molecular complexity index is 837. The predicted molar refractivity (Wildman–Crippen MR) is 82.0 cm³/mol. The molecule has 1 fully saturated rings. The third kappa shape index (κ3) is 2.40. The summed E-state index contributed by atoms with van der Waals surface area (Å²) in [6, 6.07) is 0. The molecule has 1 saturated heterocycles. The van der Waals surface area contributed by atoms with E-state index in [0.29, 0.717) is 0 Å². The number of nitrogens with two attached hydrogens (primary N) is 1. The number of nitrogen functional groups attached to an aromatic ring is 1. The molecular formula is C14H17N5O6. The zero-order chi connectivity index (χ0) is 18.5. The van der Waals surface area contributed by atoms with Crippen molar-refractivity contribution >= 4 is 28.5 Å². The van der Waals surface area contributed by atoms with Gasteiger partial charge in [0.1, 0.15) is 30.2 Å². The van der Waals surface area contributed by atoms with Crippen LogP contribution in [0.15, 0.2) is 12.7 Å². The molecule has 3 heterocycles. The van der Waals surface area contributed by atoms with Crippen molar-refractivity contribution in [2.75, 3.05) is 5.73 Å². The van der Waals surface area contributed by atoms with E-state index in [0.717, 1.165) is 13.8 Å². The molecule has 1 aliphatic rings. The molecule has 5 N–H and O–H groups in total. The third-order valence-electron chi connectivity index (χ3n) is 4.38. The van der Waals surface area contributed by atoms with E-state index in [1.165, 1.54) is 17.2 Å².